The van der Waals surface area contributed by atoms with Crippen LogP contribution in [0, 0.1) is 24.0 Å². The second kappa shape index (κ2) is 14.0. The van der Waals surface area contributed by atoms with Gasteiger partial charge in [-0.2, -0.15) is 11.6 Å². The van der Waals surface area contributed by atoms with E-state index in [0.29, 0.717) is 11.8 Å². The van der Waals surface area contributed by atoms with E-state index in [1.54, 1.807) is 0 Å². The summed E-state index contributed by atoms with van der Waals surface area (Å²) >= 11 is 1.45. The van der Waals surface area contributed by atoms with Gasteiger partial charge in [-0.25, -0.2) is 22.8 Å². The Bertz CT molecular complexity index is 451. The summed E-state index contributed by atoms with van der Waals surface area (Å²) in [5, 5.41) is 0. The van der Waals surface area contributed by atoms with Gasteiger partial charge in [-0.05, 0) is 0 Å². The van der Waals surface area contributed by atoms with Crippen LogP contribution in [-0.2, 0) is 23.0 Å². The van der Waals surface area contributed by atoms with Crippen molar-refractivity contribution in [2.24, 2.45) is 11.8 Å². The van der Waals surface area contributed by atoms with E-state index >= 15 is 0 Å². The fourth-order valence-electron chi connectivity index (χ4n) is 1.96. The maximum atomic E-state index is 3.29. The molecule has 2 aliphatic carbocycles. The second-order valence-electron chi connectivity index (χ2n) is 5.85. The monoisotopic (exact) mass is 524 g/mol. The van der Waals surface area contributed by atoms with Gasteiger partial charge in [0.05, 0.1) is 0 Å². The summed E-state index contributed by atoms with van der Waals surface area (Å²) in [6, 6.07) is 0. The van der Waals surface area contributed by atoms with Gasteiger partial charge < -0.3 is 0 Å². The molecule has 0 bridgehead atoms. The number of hydrogen-bond donors (Lipinski definition) is 0. The van der Waals surface area contributed by atoms with E-state index in [4.69, 9.17) is 0 Å². The van der Waals surface area contributed by atoms with Gasteiger partial charge in [-0.15, -0.1) is 31.7 Å². The fourth-order valence-corrected chi connectivity index (χ4v) is 1.96. The van der Waals surface area contributed by atoms with Gasteiger partial charge in [0.15, 0.2) is 0 Å². The largest absolute Gasteiger partial charge is 0.147 e. The Labute approximate surface area is 165 Å². The first-order valence-corrected chi connectivity index (χ1v) is 15.1. The zero-order valence-corrected chi connectivity index (χ0v) is 21.4. The summed E-state index contributed by atoms with van der Waals surface area (Å²) in [7, 11) is 0. The third-order valence-corrected chi connectivity index (χ3v) is 3.11. The molecule has 0 saturated heterocycles. The predicted octanol–water partition coefficient (Wildman–Crippen LogP) is 6.29. The number of halogens is 2. The number of rotatable bonds is 0. The average Bonchev–Trinajstić information content (AvgIpc) is 2.70. The summed E-state index contributed by atoms with van der Waals surface area (Å²) in [5.74, 6) is 1.12. The first-order valence-electron chi connectivity index (χ1n) is 7.22. The molecule has 0 radical (unpaired) electrons. The molecule has 2 atom stereocenters. The van der Waals surface area contributed by atoms with E-state index in [0.717, 1.165) is 0 Å². The molecule has 0 amide bonds. The van der Waals surface area contributed by atoms with Crippen molar-refractivity contribution in [1.82, 2.24) is 0 Å². The molecule has 0 N–H and O–H groups in total. The molecule has 0 fully saturated rings. The summed E-state index contributed by atoms with van der Waals surface area (Å²) in [6.07, 6.45) is 11.0. The van der Waals surface area contributed by atoms with Crippen molar-refractivity contribution in [3.05, 3.63) is 46.6 Å². The summed E-state index contributed by atoms with van der Waals surface area (Å²) in [5.41, 5.74) is 5.68. The van der Waals surface area contributed by atoms with Gasteiger partial charge in [-0.3, -0.25) is 12.2 Å². The van der Waals surface area contributed by atoms with Crippen LogP contribution in [0.15, 0.2) is 34.4 Å². The normalized spacial score (nSPS) is 21.4. The zero-order valence-electron chi connectivity index (χ0n) is 15.1. The molecule has 2 rings (SSSR count). The van der Waals surface area contributed by atoms with E-state index in [-0.39, 0.29) is 30.3 Å². The van der Waals surface area contributed by atoms with E-state index < -0.39 is 0 Å². The summed E-state index contributed by atoms with van der Waals surface area (Å²) in [6.45, 7) is 17.5. The van der Waals surface area contributed by atoms with Crippen molar-refractivity contribution in [3.8, 4) is 0 Å². The standard InChI is InChI=1S/2C8H11.C2H6Si.2ClH.Hf/c2*1-6-4-7(2)8(3)5-6;1-3-2;;;/h4,8H,1-3H3;4,6H,1-3H3;1-2H3;2*1H;/q2*-1;;;;+2. The molecule has 0 aromatic heterocycles. The Morgan fingerprint density at radius 3 is 1.55 bits per heavy atom. The van der Waals surface area contributed by atoms with Crippen LogP contribution in [0.2, 0.25) is 13.1 Å². The van der Waals surface area contributed by atoms with Gasteiger partial charge in [0.25, 0.3) is 0 Å². The maximum absolute atomic E-state index is 3.29. The van der Waals surface area contributed by atoms with Crippen LogP contribution >= 0.6 is 24.8 Å². The topological polar surface area (TPSA) is 0 Å². The molecule has 4 heteroatoms. The maximum Gasteiger partial charge on any atom is -0.147 e. The summed E-state index contributed by atoms with van der Waals surface area (Å²) in [4.78, 5) is 0. The molecule has 0 aliphatic heterocycles. The van der Waals surface area contributed by atoms with E-state index in [1.807, 2.05) is 0 Å². The van der Waals surface area contributed by atoms with Crippen LogP contribution in [0.25, 0.3) is 0 Å². The second-order valence-corrected chi connectivity index (χ2v) is 18.6. The van der Waals surface area contributed by atoms with Crippen LogP contribution in [0.3, 0.4) is 0 Å². The molecular weight excluding hydrogens is 494 g/mol. The summed E-state index contributed by atoms with van der Waals surface area (Å²) < 4.78 is 0. The van der Waals surface area contributed by atoms with Crippen molar-refractivity contribution >= 4 is 30.3 Å². The zero-order chi connectivity index (χ0) is 15.9. The first kappa shape index (κ1) is 27.5. The molecular formula is C18H30Cl2HfSi. The minimum Gasteiger partial charge on any atom is -0.147 e. The Kier molecular flexibility index (Phi) is 17.5. The van der Waals surface area contributed by atoms with Crippen LogP contribution in [0.5, 0.6) is 0 Å². The molecule has 0 aromatic rings. The first-order chi connectivity index (χ1) is 9.13. The third-order valence-electron chi connectivity index (χ3n) is 3.11. The Morgan fingerprint density at radius 2 is 1.45 bits per heavy atom. The Morgan fingerprint density at radius 1 is 1.00 bits per heavy atom. The van der Waals surface area contributed by atoms with Gasteiger partial charge in [0.1, 0.15) is 0 Å². The van der Waals surface area contributed by atoms with Gasteiger partial charge in [0, 0.05) is 0 Å². The van der Waals surface area contributed by atoms with Crippen molar-refractivity contribution in [1.29, 1.82) is 0 Å². The Balaban J connectivity index is -0.000000249. The molecule has 124 valence electrons. The predicted molar refractivity (Wildman–Crippen MR) is 103 cm³/mol. The fraction of sp³-hybridized carbons (Fsp3) is 0.556. The van der Waals surface area contributed by atoms with Gasteiger partial charge in [-0.1, -0.05) is 46.5 Å². The van der Waals surface area contributed by atoms with Gasteiger partial charge in [0.2, 0.25) is 0 Å². The number of allylic oxidation sites excluding steroid dienone is 8. The Hall–Kier alpha value is 0.627. The van der Waals surface area contributed by atoms with Crippen LogP contribution in [0.1, 0.15) is 41.5 Å². The van der Waals surface area contributed by atoms with Crippen LogP contribution < -0.4 is 0 Å². The van der Waals surface area contributed by atoms with Gasteiger partial charge >= 0.3 is 41.6 Å². The molecule has 0 nitrogen and oxygen atoms in total. The van der Waals surface area contributed by atoms with E-state index in [1.165, 1.54) is 45.3 Å². The van der Waals surface area contributed by atoms with E-state index in [2.05, 4.69) is 78.9 Å². The quantitative estimate of drug-likeness (QED) is 0.258. The minimum atomic E-state index is 0. The van der Waals surface area contributed by atoms with Crippen molar-refractivity contribution in [2.45, 2.75) is 54.6 Å². The SMILES string of the molecule is CC1=[C-]C(C)C(C)=C1.CC1=[C-]C(C)C=C1C.C[Si](C)=[Hf+2].Cl.Cl. The van der Waals surface area contributed by atoms with Crippen molar-refractivity contribution in [3.63, 3.8) is 0 Å². The minimum absolute atomic E-state index is 0. The molecule has 0 spiro atoms. The van der Waals surface area contributed by atoms with Crippen LogP contribution in [-0.4, -0.2) is 5.49 Å². The molecule has 0 aromatic carbocycles. The molecule has 22 heavy (non-hydrogen) atoms. The smallest absolute Gasteiger partial charge is 0.147 e. The molecule has 2 aliphatic rings. The van der Waals surface area contributed by atoms with Crippen molar-refractivity contribution in [2.75, 3.05) is 0 Å². The molecule has 0 saturated carbocycles. The van der Waals surface area contributed by atoms with E-state index in [9.17, 15) is 0 Å². The van der Waals surface area contributed by atoms with Crippen molar-refractivity contribution < 1.29 is 23.0 Å². The molecule has 2 unspecified atom stereocenters. The average molecular weight is 524 g/mol. The molecule has 0 heterocycles. The number of hydrogen-bond acceptors (Lipinski definition) is 0. The third kappa shape index (κ3) is 13.1. The van der Waals surface area contributed by atoms with Crippen LogP contribution in [0.4, 0.5) is 0 Å².